The number of hydrogen-bond acceptors (Lipinski definition) is 2. The Hall–Kier alpha value is -0.640. The summed E-state index contributed by atoms with van der Waals surface area (Å²) < 4.78 is 0. The van der Waals surface area contributed by atoms with Gasteiger partial charge in [-0.2, -0.15) is 0 Å². The fraction of sp³-hybridized carbons (Fsp3) is 0.867. The van der Waals surface area contributed by atoms with Crippen LogP contribution in [-0.4, -0.2) is 16.9 Å². The Morgan fingerprint density at radius 3 is 2.42 bits per heavy atom. The highest BCUT2D eigenvalue weighted by atomic mass is 32.1. The topological polar surface area (TPSA) is 55.1 Å². The van der Waals surface area contributed by atoms with Crippen LogP contribution in [-0.2, 0) is 4.79 Å². The summed E-state index contributed by atoms with van der Waals surface area (Å²) in [5.41, 5.74) is 5.62. The third kappa shape index (κ3) is 5.47. The van der Waals surface area contributed by atoms with E-state index in [1.54, 1.807) is 0 Å². The molecule has 0 spiro atoms. The molecule has 0 aliphatic heterocycles. The number of nitrogens with one attached hydrogen (secondary N) is 1. The molecule has 0 aromatic heterocycles. The Balaban J connectivity index is 2.34. The Kier molecular flexibility index (Phi) is 7.36. The Morgan fingerprint density at radius 1 is 1.32 bits per heavy atom. The molecule has 110 valence electrons. The highest BCUT2D eigenvalue weighted by Crippen LogP contribution is 2.32. The first-order valence-electron chi connectivity index (χ1n) is 7.68. The first-order valence-corrected chi connectivity index (χ1v) is 8.08. The lowest BCUT2D eigenvalue weighted by molar-refractivity contribution is -0.126. The number of rotatable bonds is 7. The van der Waals surface area contributed by atoms with E-state index in [2.05, 4.69) is 12.2 Å². The van der Waals surface area contributed by atoms with E-state index in [0.717, 1.165) is 25.2 Å². The van der Waals surface area contributed by atoms with Crippen LogP contribution < -0.4 is 11.1 Å². The van der Waals surface area contributed by atoms with Crippen molar-refractivity contribution >= 4 is 23.1 Å². The van der Waals surface area contributed by atoms with Crippen molar-refractivity contribution in [1.29, 1.82) is 0 Å². The molecule has 0 aromatic carbocycles. The van der Waals surface area contributed by atoms with Crippen LogP contribution in [0.4, 0.5) is 0 Å². The van der Waals surface area contributed by atoms with E-state index in [0.29, 0.717) is 4.99 Å². The summed E-state index contributed by atoms with van der Waals surface area (Å²) in [5.74, 6) is 1.15. The molecule has 1 fully saturated rings. The molecule has 1 aliphatic carbocycles. The van der Waals surface area contributed by atoms with Gasteiger partial charge in [0.25, 0.3) is 0 Å². The average molecular weight is 284 g/mol. The van der Waals surface area contributed by atoms with Gasteiger partial charge in [0.05, 0.1) is 11.0 Å². The van der Waals surface area contributed by atoms with Gasteiger partial charge in [0.1, 0.15) is 0 Å². The summed E-state index contributed by atoms with van der Waals surface area (Å²) in [5, 5.41) is 2.99. The van der Waals surface area contributed by atoms with Crippen molar-refractivity contribution < 1.29 is 4.79 Å². The zero-order valence-electron chi connectivity index (χ0n) is 12.3. The maximum absolute atomic E-state index is 12.2. The molecule has 0 heterocycles. The van der Waals surface area contributed by atoms with Gasteiger partial charge in [-0.05, 0) is 38.0 Å². The van der Waals surface area contributed by atoms with Crippen LogP contribution in [0.25, 0.3) is 0 Å². The van der Waals surface area contributed by atoms with Crippen molar-refractivity contribution in [2.45, 2.75) is 71.3 Å². The summed E-state index contributed by atoms with van der Waals surface area (Å²) in [7, 11) is 0. The predicted octanol–water partition coefficient (Wildman–Crippen LogP) is 3.16. The van der Waals surface area contributed by atoms with E-state index >= 15 is 0 Å². The van der Waals surface area contributed by atoms with Crippen molar-refractivity contribution in [1.82, 2.24) is 5.32 Å². The normalized spacial score (nSPS) is 24.7. The van der Waals surface area contributed by atoms with Gasteiger partial charge in [0, 0.05) is 5.92 Å². The van der Waals surface area contributed by atoms with Crippen LogP contribution in [0.5, 0.6) is 0 Å². The molecule has 4 heteroatoms. The van der Waals surface area contributed by atoms with Gasteiger partial charge in [-0.25, -0.2) is 0 Å². The Labute approximate surface area is 122 Å². The number of nitrogens with two attached hydrogens (primary N) is 1. The highest BCUT2D eigenvalue weighted by molar-refractivity contribution is 7.80. The first kappa shape index (κ1) is 16.4. The lowest BCUT2D eigenvalue weighted by Gasteiger charge is -2.29. The minimum Gasteiger partial charge on any atom is -0.392 e. The number of hydrogen-bond donors (Lipinski definition) is 2. The van der Waals surface area contributed by atoms with Crippen LogP contribution in [0.2, 0.25) is 0 Å². The number of carbonyl (C=O) groups excluding carboxylic acids is 1. The van der Waals surface area contributed by atoms with Gasteiger partial charge < -0.3 is 11.1 Å². The third-order valence-corrected chi connectivity index (χ3v) is 4.54. The van der Waals surface area contributed by atoms with Crippen molar-refractivity contribution in [3.8, 4) is 0 Å². The summed E-state index contributed by atoms with van der Waals surface area (Å²) in [6.07, 6.45) is 9.13. The molecule has 1 saturated carbocycles. The minimum absolute atomic E-state index is 0.139. The van der Waals surface area contributed by atoms with Crippen molar-refractivity contribution in [2.24, 2.45) is 17.6 Å². The molecular formula is C15H28N2OS. The van der Waals surface area contributed by atoms with E-state index in [9.17, 15) is 4.79 Å². The number of amides is 1. The SMILES string of the molecule is CCCCC1CCC(C(=O)NC(CC)C(N)=S)CC1. The monoisotopic (exact) mass is 284 g/mol. The van der Waals surface area contributed by atoms with Crippen molar-refractivity contribution in [3.05, 3.63) is 0 Å². The minimum atomic E-state index is -0.139. The van der Waals surface area contributed by atoms with Gasteiger partial charge in [-0.1, -0.05) is 45.3 Å². The molecular weight excluding hydrogens is 256 g/mol. The second kappa shape index (κ2) is 8.51. The summed E-state index contributed by atoms with van der Waals surface area (Å²) >= 11 is 4.97. The van der Waals surface area contributed by atoms with Gasteiger partial charge in [-0.3, -0.25) is 4.79 Å². The molecule has 3 nitrogen and oxygen atoms in total. The molecule has 19 heavy (non-hydrogen) atoms. The second-order valence-corrected chi connectivity index (χ2v) is 6.20. The van der Waals surface area contributed by atoms with Gasteiger partial charge >= 0.3 is 0 Å². The Bertz CT molecular complexity index is 299. The van der Waals surface area contributed by atoms with Crippen LogP contribution in [0, 0.1) is 11.8 Å². The van der Waals surface area contributed by atoms with E-state index in [4.69, 9.17) is 18.0 Å². The van der Waals surface area contributed by atoms with Crippen LogP contribution in [0.15, 0.2) is 0 Å². The fourth-order valence-corrected chi connectivity index (χ4v) is 3.10. The number of unbranched alkanes of at least 4 members (excludes halogenated alkanes) is 1. The van der Waals surface area contributed by atoms with Crippen LogP contribution in [0.1, 0.15) is 65.2 Å². The molecule has 0 saturated heterocycles. The van der Waals surface area contributed by atoms with Crippen molar-refractivity contribution in [3.63, 3.8) is 0 Å². The molecule has 1 rings (SSSR count). The molecule has 1 amide bonds. The maximum Gasteiger partial charge on any atom is 0.223 e. The molecule has 0 aromatic rings. The fourth-order valence-electron chi connectivity index (χ4n) is 2.87. The summed E-state index contributed by atoms with van der Waals surface area (Å²) in [6, 6.07) is -0.139. The first-order chi connectivity index (χ1) is 9.08. The highest BCUT2D eigenvalue weighted by Gasteiger charge is 2.27. The Morgan fingerprint density at radius 2 is 1.95 bits per heavy atom. The zero-order valence-corrected chi connectivity index (χ0v) is 13.1. The van der Waals surface area contributed by atoms with Crippen LogP contribution in [0.3, 0.4) is 0 Å². The summed E-state index contributed by atoms with van der Waals surface area (Å²) in [6.45, 7) is 4.23. The lowest BCUT2D eigenvalue weighted by atomic mass is 9.79. The second-order valence-electron chi connectivity index (χ2n) is 5.73. The molecule has 1 aliphatic rings. The molecule has 1 atom stereocenters. The number of carbonyl (C=O) groups is 1. The van der Waals surface area contributed by atoms with E-state index in [1.807, 2.05) is 6.92 Å². The molecule has 3 N–H and O–H groups in total. The largest absolute Gasteiger partial charge is 0.392 e. The van der Waals surface area contributed by atoms with Gasteiger partial charge in [-0.15, -0.1) is 0 Å². The lowest BCUT2D eigenvalue weighted by Crippen LogP contribution is -2.46. The van der Waals surface area contributed by atoms with Gasteiger partial charge in [0.15, 0.2) is 0 Å². The third-order valence-electron chi connectivity index (χ3n) is 4.25. The van der Waals surface area contributed by atoms with E-state index < -0.39 is 0 Å². The van der Waals surface area contributed by atoms with Crippen molar-refractivity contribution in [2.75, 3.05) is 0 Å². The molecule has 0 bridgehead atoms. The summed E-state index contributed by atoms with van der Waals surface area (Å²) in [4.78, 5) is 12.6. The average Bonchev–Trinajstić information content (AvgIpc) is 2.42. The van der Waals surface area contributed by atoms with Gasteiger partial charge in [0.2, 0.25) is 5.91 Å². The van der Waals surface area contributed by atoms with Crippen LogP contribution >= 0.6 is 12.2 Å². The standard InChI is InChI=1S/C15H28N2OS/c1-3-5-6-11-7-9-12(10-8-11)15(18)17-13(4-2)14(16)19/h11-13H,3-10H2,1-2H3,(H2,16,19)(H,17,18). The quantitative estimate of drug-likeness (QED) is 0.706. The zero-order chi connectivity index (χ0) is 14.3. The van der Waals surface area contributed by atoms with E-state index in [-0.39, 0.29) is 17.9 Å². The molecule has 0 radical (unpaired) electrons. The predicted molar refractivity (Wildman–Crippen MR) is 84.0 cm³/mol. The number of thiocarbonyl (C=S) groups is 1. The smallest absolute Gasteiger partial charge is 0.223 e. The molecule has 1 unspecified atom stereocenters. The van der Waals surface area contributed by atoms with E-state index in [1.165, 1.54) is 32.1 Å². The maximum atomic E-state index is 12.2.